The van der Waals surface area contributed by atoms with Gasteiger partial charge in [-0.3, -0.25) is 0 Å². The van der Waals surface area contributed by atoms with Gasteiger partial charge in [-0.25, -0.2) is 9.97 Å². The van der Waals surface area contributed by atoms with E-state index in [4.69, 9.17) is 4.74 Å². The number of hydrogen-bond donors (Lipinski definition) is 0. The molecule has 2 fully saturated rings. The fourth-order valence-corrected chi connectivity index (χ4v) is 3.15. The number of hydrogen-bond acceptors (Lipinski definition) is 4. The van der Waals surface area contributed by atoms with Crippen molar-refractivity contribution in [1.82, 2.24) is 9.97 Å². The lowest BCUT2D eigenvalue weighted by atomic mass is 9.87. The first-order valence-corrected chi connectivity index (χ1v) is 6.74. The number of rotatable bonds is 1. The summed E-state index contributed by atoms with van der Waals surface area (Å²) in [7, 11) is 0. The number of aryl methyl sites for hydroxylation is 2. The van der Waals surface area contributed by atoms with E-state index in [0.717, 1.165) is 43.6 Å². The molecule has 0 N–H and O–H groups in total. The SMILES string of the molecule is Cc1nc(C)c(C)c(N2CCC3(CCOC3)C2)n1. The molecule has 2 aliphatic heterocycles. The normalized spacial score (nSPS) is 27.4. The molecule has 2 aliphatic rings. The van der Waals surface area contributed by atoms with Crippen LogP contribution in [0.1, 0.15) is 29.9 Å². The quantitative estimate of drug-likeness (QED) is 0.761. The Kier molecular flexibility index (Phi) is 2.77. The van der Waals surface area contributed by atoms with Gasteiger partial charge in [0.15, 0.2) is 0 Å². The van der Waals surface area contributed by atoms with Crippen molar-refractivity contribution in [3.8, 4) is 0 Å². The highest BCUT2D eigenvalue weighted by atomic mass is 16.5. The van der Waals surface area contributed by atoms with Crippen molar-refractivity contribution in [1.29, 1.82) is 0 Å². The summed E-state index contributed by atoms with van der Waals surface area (Å²) in [6.07, 6.45) is 2.43. The molecular formula is C14H21N3O. The van der Waals surface area contributed by atoms with E-state index in [-0.39, 0.29) is 0 Å². The highest BCUT2D eigenvalue weighted by molar-refractivity contribution is 5.49. The van der Waals surface area contributed by atoms with Crippen LogP contribution in [0.15, 0.2) is 0 Å². The summed E-state index contributed by atoms with van der Waals surface area (Å²) in [5.74, 6) is 2.00. The Morgan fingerprint density at radius 2 is 2.00 bits per heavy atom. The van der Waals surface area contributed by atoms with Gasteiger partial charge in [-0.05, 0) is 33.6 Å². The number of aromatic nitrogens is 2. The highest BCUT2D eigenvalue weighted by Gasteiger charge is 2.42. The first kappa shape index (κ1) is 11.9. The molecule has 1 atom stereocenters. The van der Waals surface area contributed by atoms with Crippen LogP contribution in [0.25, 0.3) is 0 Å². The Labute approximate surface area is 108 Å². The Morgan fingerprint density at radius 1 is 1.17 bits per heavy atom. The summed E-state index contributed by atoms with van der Waals surface area (Å²) in [5.41, 5.74) is 2.71. The van der Waals surface area contributed by atoms with E-state index < -0.39 is 0 Å². The molecule has 0 radical (unpaired) electrons. The Morgan fingerprint density at radius 3 is 2.72 bits per heavy atom. The molecule has 0 aliphatic carbocycles. The van der Waals surface area contributed by atoms with E-state index in [9.17, 15) is 0 Å². The van der Waals surface area contributed by atoms with Crippen molar-refractivity contribution >= 4 is 5.82 Å². The fraction of sp³-hybridized carbons (Fsp3) is 0.714. The Bertz CT molecular complexity index is 466. The van der Waals surface area contributed by atoms with Gasteiger partial charge in [0.05, 0.1) is 6.61 Å². The molecule has 3 heterocycles. The molecule has 1 aromatic heterocycles. The minimum atomic E-state index is 0.388. The minimum absolute atomic E-state index is 0.388. The summed E-state index contributed by atoms with van der Waals surface area (Å²) in [6, 6.07) is 0. The predicted molar refractivity (Wildman–Crippen MR) is 70.9 cm³/mol. The van der Waals surface area contributed by atoms with E-state index in [1.807, 2.05) is 6.92 Å². The Balaban J connectivity index is 1.88. The molecule has 0 amide bonds. The highest BCUT2D eigenvalue weighted by Crippen LogP contribution is 2.40. The molecule has 1 spiro atoms. The van der Waals surface area contributed by atoms with E-state index >= 15 is 0 Å². The van der Waals surface area contributed by atoms with Crippen LogP contribution in [-0.4, -0.2) is 36.3 Å². The number of nitrogens with zero attached hydrogens (tertiary/aromatic N) is 3. The van der Waals surface area contributed by atoms with Crippen LogP contribution in [-0.2, 0) is 4.74 Å². The molecule has 98 valence electrons. The standard InChI is InChI=1S/C14H21N3O/c1-10-11(2)15-12(3)16-13(10)17-6-4-14(8-17)5-7-18-9-14/h4-9H2,1-3H3. The summed E-state index contributed by atoms with van der Waals surface area (Å²) in [6.45, 7) is 10.2. The number of anilines is 1. The van der Waals surface area contributed by atoms with Crippen LogP contribution in [0.3, 0.4) is 0 Å². The summed E-state index contributed by atoms with van der Waals surface area (Å²) >= 11 is 0. The maximum absolute atomic E-state index is 5.58. The van der Waals surface area contributed by atoms with Crippen LogP contribution >= 0.6 is 0 Å². The van der Waals surface area contributed by atoms with Crippen molar-refractivity contribution in [2.24, 2.45) is 5.41 Å². The zero-order chi connectivity index (χ0) is 12.8. The van der Waals surface area contributed by atoms with Gasteiger partial charge in [0.25, 0.3) is 0 Å². The summed E-state index contributed by atoms with van der Waals surface area (Å²) < 4.78 is 5.58. The molecule has 1 aromatic rings. The third-order valence-corrected chi connectivity index (χ3v) is 4.40. The second kappa shape index (κ2) is 4.19. The monoisotopic (exact) mass is 247 g/mol. The van der Waals surface area contributed by atoms with Gasteiger partial charge in [-0.1, -0.05) is 0 Å². The molecule has 0 bridgehead atoms. The lowest BCUT2D eigenvalue weighted by Gasteiger charge is -2.24. The topological polar surface area (TPSA) is 38.2 Å². The van der Waals surface area contributed by atoms with Crippen molar-refractivity contribution in [3.05, 3.63) is 17.1 Å². The van der Waals surface area contributed by atoms with Gasteiger partial charge in [0, 0.05) is 36.4 Å². The first-order valence-electron chi connectivity index (χ1n) is 6.74. The van der Waals surface area contributed by atoms with Crippen LogP contribution in [0, 0.1) is 26.2 Å². The van der Waals surface area contributed by atoms with Gasteiger partial charge in [-0.15, -0.1) is 0 Å². The maximum atomic E-state index is 5.58. The largest absolute Gasteiger partial charge is 0.381 e. The van der Waals surface area contributed by atoms with E-state index in [2.05, 4.69) is 28.7 Å². The van der Waals surface area contributed by atoms with Crippen molar-refractivity contribution in [2.75, 3.05) is 31.2 Å². The predicted octanol–water partition coefficient (Wildman–Crippen LogP) is 2.02. The van der Waals surface area contributed by atoms with Crippen molar-refractivity contribution < 1.29 is 4.74 Å². The lowest BCUT2D eigenvalue weighted by Crippen LogP contribution is -2.28. The minimum Gasteiger partial charge on any atom is -0.381 e. The van der Waals surface area contributed by atoms with E-state index in [1.165, 1.54) is 18.4 Å². The smallest absolute Gasteiger partial charge is 0.135 e. The molecule has 4 nitrogen and oxygen atoms in total. The zero-order valence-corrected chi connectivity index (χ0v) is 11.5. The molecule has 0 aromatic carbocycles. The average molecular weight is 247 g/mol. The van der Waals surface area contributed by atoms with Gasteiger partial charge in [-0.2, -0.15) is 0 Å². The van der Waals surface area contributed by atoms with Crippen LogP contribution in [0.2, 0.25) is 0 Å². The van der Waals surface area contributed by atoms with Crippen LogP contribution < -0.4 is 4.90 Å². The maximum Gasteiger partial charge on any atom is 0.135 e. The van der Waals surface area contributed by atoms with Crippen LogP contribution in [0.4, 0.5) is 5.82 Å². The second-order valence-electron chi connectivity index (χ2n) is 5.78. The molecule has 4 heteroatoms. The summed E-state index contributed by atoms with van der Waals surface area (Å²) in [5, 5.41) is 0. The van der Waals surface area contributed by atoms with Crippen LogP contribution in [0.5, 0.6) is 0 Å². The van der Waals surface area contributed by atoms with Gasteiger partial charge >= 0.3 is 0 Å². The second-order valence-corrected chi connectivity index (χ2v) is 5.78. The van der Waals surface area contributed by atoms with E-state index in [1.54, 1.807) is 0 Å². The summed E-state index contributed by atoms with van der Waals surface area (Å²) in [4.78, 5) is 11.5. The molecule has 0 saturated carbocycles. The Hall–Kier alpha value is -1.16. The first-order chi connectivity index (χ1) is 8.60. The molecule has 1 unspecified atom stereocenters. The fourth-order valence-electron chi connectivity index (χ4n) is 3.15. The van der Waals surface area contributed by atoms with Crippen molar-refractivity contribution in [3.63, 3.8) is 0 Å². The lowest BCUT2D eigenvalue weighted by molar-refractivity contribution is 0.160. The third-order valence-electron chi connectivity index (χ3n) is 4.40. The van der Waals surface area contributed by atoms with Gasteiger partial charge in [0.2, 0.25) is 0 Å². The number of ether oxygens (including phenoxy) is 1. The molecular weight excluding hydrogens is 226 g/mol. The van der Waals surface area contributed by atoms with Gasteiger partial charge < -0.3 is 9.64 Å². The average Bonchev–Trinajstić information content (AvgIpc) is 2.95. The molecule has 3 rings (SSSR count). The van der Waals surface area contributed by atoms with E-state index in [0.29, 0.717) is 5.41 Å². The van der Waals surface area contributed by atoms with Gasteiger partial charge in [0.1, 0.15) is 11.6 Å². The molecule has 18 heavy (non-hydrogen) atoms. The molecule has 2 saturated heterocycles. The third kappa shape index (κ3) is 1.88. The van der Waals surface area contributed by atoms with Crippen molar-refractivity contribution in [2.45, 2.75) is 33.6 Å². The zero-order valence-electron chi connectivity index (χ0n) is 11.5.